The fourth-order valence-electron chi connectivity index (χ4n) is 2.29. The topological polar surface area (TPSA) is 36.4 Å². The van der Waals surface area contributed by atoms with Crippen molar-refractivity contribution in [2.75, 3.05) is 5.75 Å². The molecule has 1 unspecified atom stereocenters. The molecule has 0 saturated carbocycles. The molecule has 1 aromatic carbocycles. The number of halogens is 1. The molecule has 0 amide bonds. The Morgan fingerprint density at radius 2 is 2.10 bits per heavy atom. The Labute approximate surface area is 131 Å². The van der Waals surface area contributed by atoms with Crippen molar-refractivity contribution >= 4 is 28.3 Å². The summed E-state index contributed by atoms with van der Waals surface area (Å²) in [5, 5.41) is 11.0. The van der Waals surface area contributed by atoms with E-state index in [1.54, 1.807) is 29.4 Å². The van der Waals surface area contributed by atoms with Crippen LogP contribution in [0.2, 0.25) is 0 Å². The number of thioether (sulfide) groups is 1. The monoisotopic (exact) mass is 320 g/mol. The van der Waals surface area contributed by atoms with Crippen molar-refractivity contribution in [1.82, 2.24) is 9.88 Å². The molecule has 0 spiro atoms. The zero-order chi connectivity index (χ0) is 14.9. The quantitative estimate of drug-likeness (QED) is 0.880. The molecule has 0 aliphatic carbocycles. The van der Waals surface area contributed by atoms with Crippen molar-refractivity contribution < 1.29 is 9.50 Å². The third-order valence-electron chi connectivity index (χ3n) is 3.43. The summed E-state index contributed by atoms with van der Waals surface area (Å²) in [7, 11) is 0. The van der Waals surface area contributed by atoms with E-state index in [2.05, 4.69) is 4.98 Å². The number of rotatable bonds is 3. The lowest BCUT2D eigenvalue weighted by Crippen LogP contribution is -2.44. The molecule has 0 radical (unpaired) electrons. The number of pyridine rings is 1. The van der Waals surface area contributed by atoms with E-state index in [0.717, 1.165) is 5.56 Å². The van der Waals surface area contributed by atoms with E-state index in [1.807, 2.05) is 12.1 Å². The van der Waals surface area contributed by atoms with Crippen molar-refractivity contribution in [3.05, 3.63) is 65.7 Å². The Balaban J connectivity index is 1.93. The maximum Gasteiger partial charge on any atom is 0.175 e. The van der Waals surface area contributed by atoms with Gasteiger partial charge in [-0.25, -0.2) is 4.39 Å². The fourth-order valence-corrected chi connectivity index (χ4v) is 3.71. The first-order chi connectivity index (χ1) is 10.1. The van der Waals surface area contributed by atoms with Crippen LogP contribution in [0.1, 0.15) is 11.1 Å². The summed E-state index contributed by atoms with van der Waals surface area (Å²) in [6, 6.07) is 9.67. The lowest BCUT2D eigenvalue weighted by molar-refractivity contribution is -0.0509. The number of aliphatic hydroxyl groups is 1. The summed E-state index contributed by atoms with van der Waals surface area (Å²) < 4.78 is 13.7. The number of thiocarbonyl (C=S) groups is 1. The van der Waals surface area contributed by atoms with Crippen molar-refractivity contribution in [3.8, 4) is 0 Å². The van der Waals surface area contributed by atoms with Crippen LogP contribution in [0.15, 0.2) is 48.8 Å². The SMILES string of the molecule is OC1(c2ccc(F)cc2)CSC(=S)N1Cc1cccnc1. The van der Waals surface area contributed by atoms with Crippen LogP contribution >= 0.6 is 24.0 Å². The van der Waals surface area contributed by atoms with Crippen molar-refractivity contribution in [2.45, 2.75) is 12.3 Å². The second-order valence-electron chi connectivity index (χ2n) is 4.83. The maximum absolute atomic E-state index is 13.1. The number of aromatic nitrogens is 1. The second kappa shape index (κ2) is 5.71. The smallest absolute Gasteiger partial charge is 0.175 e. The second-order valence-corrected chi connectivity index (χ2v) is 6.43. The average Bonchev–Trinajstić information content (AvgIpc) is 2.78. The normalized spacial score (nSPS) is 21.8. The fraction of sp³-hybridized carbons (Fsp3) is 0.200. The molecule has 0 bridgehead atoms. The summed E-state index contributed by atoms with van der Waals surface area (Å²) >= 11 is 6.77. The minimum absolute atomic E-state index is 0.325. The first-order valence-electron chi connectivity index (χ1n) is 6.41. The van der Waals surface area contributed by atoms with Crippen molar-refractivity contribution in [2.24, 2.45) is 0 Å². The molecule has 1 aliphatic rings. The number of hydrogen-bond donors (Lipinski definition) is 1. The summed E-state index contributed by atoms with van der Waals surface area (Å²) in [6.45, 7) is 0.466. The minimum atomic E-state index is -1.22. The molecule has 1 N–H and O–H groups in total. The number of nitrogens with zero attached hydrogens (tertiary/aromatic N) is 2. The summed E-state index contributed by atoms with van der Waals surface area (Å²) in [6.07, 6.45) is 3.45. The summed E-state index contributed by atoms with van der Waals surface area (Å²) in [4.78, 5) is 5.84. The average molecular weight is 320 g/mol. The molecular formula is C15H13FN2OS2. The molecule has 1 atom stereocenters. The lowest BCUT2D eigenvalue weighted by atomic mass is 10.0. The predicted molar refractivity (Wildman–Crippen MR) is 85.1 cm³/mol. The molecule has 1 saturated heterocycles. The maximum atomic E-state index is 13.1. The molecule has 3 nitrogen and oxygen atoms in total. The van der Waals surface area contributed by atoms with Gasteiger partial charge in [-0.2, -0.15) is 0 Å². The Kier molecular flexibility index (Phi) is 3.93. The molecule has 1 fully saturated rings. The van der Waals surface area contributed by atoms with Crippen molar-refractivity contribution in [1.29, 1.82) is 0 Å². The molecule has 6 heteroatoms. The predicted octanol–water partition coefficient (Wildman–Crippen LogP) is 2.90. The molecule has 2 aromatic rings. The van der Waals surface area contributed by atoms with Gasteiger partial charge in [0.25, 0.3) is 0 Å². The number of hydrogen-bond acceptors (Lipinski definition) is 4. The van der Waals surface area contributed by atoms with E-state index in [4.69, 9.17) is 12.2 Å². The van der Waals surface area contributed by atoms with E-state index in [1.165, 1.54) is 23.9 Å². The lowest BCUT2D eigenvalue weighted by Gasteiger charge is -2.34. The van der Waals surface area contributed by atoms with Crippen LogP contribution in [0.3, 0.4) is 0 Å². The van der Waals surface area contributed by atoms with Gasteiger partial charge < -0.3 is 10.0 Å². The van der Waals surface area contributed by atoms with E-state index < -0.39 is 5.72 Å². The zero-order valence-corrected chi connectivity index (χ0v) is 12.7. The molecule has 2 heterocycles. The summed E-state index contributed by atoms with van der Waals surface area (Å²) in [5.41, 5.74) is 0.383. The van der Waals surface area contributed by atoms with E-state index in [9.17, 15) is 9.50 Å². The van der Waals surface area contributed by atoms with Gasteiger partial charge in [-0.05, 0) is 23.8 Å². The van der Waals surface area contributed by atoms with Gasteiger partial charge in [0.2, 0.25) is 0 Å². The third-order valence-corrected chi connectivity index (χ3v) is 5.02. The standard InChI is InChI=1S/C15H13FN2OS2/c16-13-5-3-12(4-6-13)15(19)10-21-14(20)18(15)9-11-2-1-7-17-8-11/h1-8,19H,9-10H2. The molecule has 1 aromatic heterocycles. The summed E-state index contributed by atoms with van der Waals surface area (Å²) in [5.74, 6) is 0.104. The third kappa shape index (κ3) is 2.79. The van der Waals surface area contributed by atoms with Gasteiger partial charge in [-0.15, -0.1) is 0 Å². The number of benzene rings is 1. The van der Waals surface area contributed by atoms with Crippen LogP contribution in [-0.4, -0.2) is 25.1 Å². The van der Waals surface area contributed by atoms with Crippen LogP contribution in [0.25, 0.3) is 0 Å². The van der Waals surface area contributed by atoms with E-state index in [0.29, 0.717) is 22.2 Å². The Morgan fingerprint density at radius 1 is 1.33 bits per heavy atom. The van der Waals surface area contributed by atoms with Crippen LogP contribution in [-0.2, 0) is 12.3 Å². The van der Waals surface area contributed by atoms with Crippen LogP contribution in [0.4, 0.5) is 4.39 Å². The van der Waals surface area contributed by atoms with Gasteiger partial charge in [0.05, 0.1) is 5.75 Å². The molecular weight excluding hydrogens is 307 g/mol. The minimum Gasteiger partial charge on any atom is -0.366 e. The van der Waals surface area contributed by atoms with Gasteiger partial charge in [-0.3, -0.25) is 4.98 Å². The zero-order valence-electron chi connectivity index (χ0n) is 11.1. The molecule has 108 valence electrons. The van der Waals surface area contributed by atoms with E-state index >= 15 is 0 Å². The molecule has 1 aliphatic heterocycles. The van der Waals surface area contributed by atoms with Gasteiger partial charge >= 0.3 is 0 Å². The van der Waals surface area contributed by atoms with Crippen LogP contribution in [0, 0.1) is 5.82 Å². The van der Waals surface area contributed by atoms with Crippen molar-refractivity contribution in [3.63, 3.8) is 0 Å². The molecule has 3 rings (SSSR count). The Bertz CT molecular complexity index is 650. The Morgan fingerprint density at radius 3 is 2.76 bits per heavy atom. The first kappa shape index (κ1) is 14.4. The van der Waals surface area contributed by atoms with Gasteiger partial charge in [-0.1, -0.05) is 42.2 Å². The highest BCUT2D eigenvalue weighted by Gasteiger charge is 2.43. The molecule has 21 heavy (non-hydrogen) atoms. The Hall–Kier alpha value is -1.50. The van der Waals surface area contributed by atoms with Gasteiger partial charge in [0.15, 0.2) is 5.72 Å². The highest BCUT2D eigenvalue weighted by atomic mass is 32.2. The van der Waals surface area contributed by atoms with Crippen LogP contribution < -0.4 is 0 Å². The highest BCUT2D eigenvalue weighted by Crippen LogP contribution is 2.40. The van der Waals surface area contributed by atoms with E-state index in [-0.39, 0.29) is 5.82 Å². The highest BCUT2D eigenvalue weighted by molar-refractivity contribution is 8.23. The van der Waals surface area contributed by atoms with Gasteiger partial charge in [0, 0.05) is 24.5 Å². The van der Waals surface area contributed by atoms with Gasteiger partial charge in [0.1, 0.15) is 10.1 Å². The first-order valence-corrected chi connectivity index (χ1v) is 7.81. The van der Waals surface area contributed by atoms with Crippen LogP contribution in [0.5, 0.6) is 0 Å². The largest absolute Gasteiger partial charge is 0.366 e.